The average Bonchev–Trinajstić information content (AvgIpc) is 3.07. The Kier molecular flexibility index (Phi) is 2.23. The SMILES string of the molecule is NN1C(C2CC2)=NS(=O)(=O)c2ccc(Cl)cc21. The van der Waals surface area contributed by atoms with Gasteiger partial charge in [-0.05, 0) is 31.0 Å². The number of rotatable bonds is 1. The second-order valence-electron chi connectivity index (χ2n) is 4.18. The van der Waals surface area contributed by atoms with Crippen molar-refractivity contribution in [3.8, 4) is 0 Å². The molecule has 0 amide bonds. The fraction of sp³-hybridized carbons (Fsp3) is 0.300. The molecular formula is C10H10ClN3O2S. The Balaban J connectivity index is 2.22. The van der Waals surface area contributed by atoms with Crippen molar-refractivity contribution in [2.24, 2.45) is 16.2 Å². The molecule has 1 aromatic carbocycles. The van der Waals surface area contributed by atoms with E-state index in [1.54, 1.807) is 6.07 Å². The van der Waals surface area contributed by atoms with Crippen LogP contribution in [0.3, 0.4) is 0 Å². The van der Waals surface area contributed by atoms with Crippen molar-refractivity contribution in [2.75, 3.05) is 5.01 Å². The summed E-state index contributed by atoms with van der Waals surface area (Å²) in [5.74, 6) is 6.47. The molecule has 0 spiro atoms. The van der Waals surface area contributed by atoms with Gasteiger partial charge in [0, 0.05) is 10.9 Å². The molecular weight excluding hydrogens is 262 g/mol. The van der Waals surface area contributed by atoms with Crippen LogP contribution in [0.15, 0.2) is 27.5 Å². The number of anilines is 1. The molecule has 1 saturated carbocycles. The standard InChI is InChI=1S/C10H10ClN3O2S/c11-7-3-4-9-8(5-7)14(12)10(6-1-2-6)13-17(9,15)16/h3-6H,1-2,12H2. The zero-order valence-electron chi connectivity index (χ0n) is 8.80. The van der Waals surface area contributed by atoms with Gasteiger partial charge in [-0.15, -0.1) is 4.40 Å². The topological polar surface area (TPSA) is 75.8 Å². The highest BCUT2D eigenvalue weighted by molar-refractivity contribution is 7.90. The number of hydrazine groups is 1. The minimum absolute atomic E-state index is 0.105. The van der Waals surface area contributed by atoms with E-state index in [0.29, 0.717) is 16.5 Å². The third kappa shape index (κ3) is 1.72. The quantitative estimate of drug-likeness (QED) is 0.786. The van der Waals surface area contributed by atoms with Gasteiger partial charge in [0.1, 0.15) is 10.7 Å². The normalized spacial score (nSPS) is 22.0. The number of benzene rings is 1. The maximum Gasteiger partial charge on any atom is 0.286 e. The molecule has 0 aromatic heterocycles. The van der Waals surface area contributed by atoms with Gasteiger partial charge < -0.3 is 0 Å². The minimum Gasteiger partial charge on any atom is -0.263 e. The van der Waals surface area contributed by atoms with E-state index in [1.807, 2.05) is 0 Å². The van der Waals surface area contributed by atoms with Gasteiger partial charge in [-0.1, -0.05) is 11.6 Å². The number of hydrogen-bond donors (Lipinski definition) is 1. The lowest BCUT2D eigenvalue weighted by molar-refractivity contribution is 0.596. The Hall–Kier alpha value is -1.11. The van der Waals surface area contributed by atoms with Crippen molar-refractivity contribution in [2.45, 2.75) is 17.7 Å². The van der Waals surface area contributed by atoms with Crippen molar-refractivity contribution in [3.63, 3.8) is 0 Å². The van der Waals surface area contributed by atoms with Crippen LogP contribution < -0.4 is 10.9 Å². The van der Waals surface area contributed by atoms with E-state index in [9.17, 15) is 8.42 Å². The van der Waals surface area contributed by atoms with Crippen LogP contribution >= 0.6 is 11.6 Å². The zero-order valence-corrected chi connectivity index (χ0v) is 10.4. The van der Waals surface area contributed by atoms with E-state index in [0.717, 1.165) is 12.8 Å². The monoisotopic (exact) mass is 271 g/mol. The second kappa shape index (κ2) is 3.44. The predicted molar refractivity (Wildman–Crippen MR) is 65.5 cm³/mol. The van der Waals surface area contributed by atoms with Crippen LogP contribution in [0, 0.1) is 5.92 Å². The summed E-state index contributed by atoms with van der Waals surface area (Å²) < 4.78 is 27.7. The van der Waals surface area contributed by atoms with Crippen LogP contribution in [0.5, 0.6) is 0 Å². The lowest BCUT2D eigenvalue weighted by Gasteiger charge is -2.26. The van der Waals surface area contributed by atoms with Crippen LogP contribution in [0.4, 0.5) is 5.69 Å². The first-order valence-corrected chi connectivity index (χ1v) is 7.00. The summed E-state index contributed by atoms with van der Waals surface area (Å²) in [6, 6.07) is 4.49. The van der Waals surface area contributed by atoms with Gasteiger partial charge in [0.2, 0.25) is 0 Å². The van der Waals surface area contributed by atoms with Crippen molar-refractivity contribution < 1.29 is 8.42 Å². The molecule has 0 saturated heterocycles. The lowest BCUT2D eigenvalue weighted by atomic mass is 10.2. The van der Waals surface area contributed by atoms with Crippen LogP contribution in [-0.2, 0) is 10.0 Å². The van der Waals surface area contributed by atoms with E-state index in [-0.39, 0.29) is 10.8 Å². The minimum atomic E-state index is -3.64. The zero-order chi connectivity index (χ0) is 12.2. The molecule has 0 atom stereocenters. The molecule has 1 aromatic rings. The molecule has 0 bridgehead atoms. The van der Waals surface area contributed by atoms with Crippen LogP contribution in [-0.4, -0.2) is 14.3 Å². The summed E-state index contributed by atoms with van der Waals surface area (Å²) in [5, 5.41) is 1.78. The summed E-state index contributed by atoms with van der Waals surface area (Å²) >= 11 is 5.86. The van der Waals surface area contributed by atoms with E-state index in [2.05, 4.69) is 4.40 Å². The first kappa shape index (κ1) is 11.0. The Labute approximate surface area is 104 Å². The Morgan fingerprint density at radius 2 is 2.12 bits per heavy atom. The summed E-state index contributed by atoms with van der Waals surface area (Å²) in [6.45, 7) is 0. The van der Waals surface area contributed by atoms with Gasteiger partial charge in [-0.25, -0.2) is 5.84 Å². The summed E-state index contributed by atoms with van der Waals surface area (Å²) in [4.78, 5) is 0.105. The molecule has 1 aliphatic heterocycles. The van der Waals surface area contributed by atoms with E-state index in [1.165, 1.54) is 17.1 Å². The molecule has 7 heteroatoms. The number of sulfonamides is 1. The molecule has 0 unspecified atom stereocenters. The molecule has 17 heavy (non-hydrogen) atoms. The Morgan fingerprint density at radius 3 is 2.76 bits per heavy atom. The highest BCUT2D eigenvalue weighted by atomic mass is 35.5. The number of nitrogens with two attached hydrogens (primary N) is 1. The maximum atomic E-state index is 12.0. The van der Waals surface area contributed by atoms with Gasteiger partial charge in [-0.2, -0.15) is 8.42 Å². The van der Waals surface area contributed by atoms with Crippen molar-refractivity contribution in [3.05, 3.63) is 23.2 Å². The third-order valence-corrected chi connectivity index (χ3v) is 4.43. The largest absolute Gasteiger partial charge is 0.286 e. The van der Waals surface area contributed by atoms with Crippen LogP contribution in [0.2, 0.25) is 5.02 Å². The number of fused-ring (bicyclic) bond motifs is 1. The molecule has 1 heterocycles. The van der Waals surface area contributed by atoms with Crippen molar-refractivity contribution >= 4 is 33.1 Å². The molecule has 2 aliphatic rings. The molecule has 1 aliphatic carbocycles. The highest BCUT2D eigenvalue weighted by Crippen LogP contribution is 2.39. The maximum absolute atomic E-state index is 12.0. The number of amidine groups is 1. The molecule has 2 N–H and O–H groups in total. The lowest BCUT2D eigenvalue weighted by Crippen LogP contribution is -2.42. The predicted octanol–water partition coefficient (Wildman–Crippen LogP) is 1.53. The number of hydrogen-bond acceptors (Lipinski definition) is 4. The molecule has 90 valence electrons. The first-order valence-electron chi connectivity index (χ1n) is 5.18. The second-order valence-corrected chi connectivity index (χ2v) is 6.19. The Morgan fingerprint density at radius 1 is 1.41 bits per heavy atom. The van der Waals surface area contributed by atoms with E-state index < -0.39 is 10.0 Å². The third-order valence-electron chi connectivity index (χ3n) is 2.86. The van der Waals surface area contributed by atoms with Gasteiger partial charge in [0.15, 0.2) is 0 Å². The average molecular weight is 272 g/mol. The summed E-state index contributed by atoms with van der Waals surface area (Å²) in [7, 11) is -3.64. The molecule has 3 rings (SSSR count). The fourth-order valence-corrected chi connectivity index (χ4v) is 3.26. The van der Waals surface area contributed by atoms with Gasteiger partial charge >= 0.3 is 0 Å². The van der Waals surface area contributed by atoms with Crippen LogP contribution in [0.25, 0.3) is 0 Å². The van der Waals surface area contributed by atoms with Crippen LogP contribution in [0.1, 0.15) is 12.8 Å². The van der Waals surface area contributed by atoms with Gasteiger partial charge in [0.05, 0.1) is 5.69 Å². The molecule has 0 radical (unpaired) electrons. The fourth-order valence-electron chi connectivity index (χ4n) is 1.85. The van der Waals surface area contributed by atoms with Crippen molar-refractivity contribution in [1.82, 2.24) is 0 Å². The summed E-state index contributed by atoms with van der Waals surface area (Å²) in [6.07, 6.45) is 1.86. The molecule has 1 fully saturated rings. The van der Waals surface area contributed by atoms with Crippen molar-refractivity contribution in [1.29, 1.82) is 0 Å². The number of nitrogens with zero attached hydrogens (tertiary/aromatic N) is 2. The number of halogens is 1. The van der Waals surface area contributed by atoms with E-state index in [4.69, 9.17) is 17.4 Å². The Bertz CT molecular complexity index is 622. The smallest absolute Gasteiger partial charge is 0.263 e. The van der Waals surface area contributed by atoms with Gasteiger partial charge in [-0.3, -0.25) is 5.01 Å². The highest BCUT2D eigenvalue weighted by Gasteiger charge is 2.38. The van der Waals surface area contributed by atoms with E-state index >= 15 is 0 Å². The van der Waals surface area contributed by atoms with Gasteiger partial charge in [0.25, 0.3) is 10.0 Å². The molecule has 5 nitrogen and oxygen atoms in total. The summed E-state index contributed by atoms with van der Waals surface area (Å²) in [5.41, 5.74) is 0.398. The first-order chi connectivity index (χ1) is 7.99.